The normalized spacial score (nSPS) is 24.5. The molecule has 13 nitrogen and oxygen atoms in total. The first-order valence-corrected chi connectivity index (χ1v) is 20.9. The van der Waals surface area contributed by atoms with Gasteiger partial charge in [0.1, 0.15) is 17.4 Å². The SMILES string of the molecule is CN(C)[C@H]1CN(C2CCc3cccc(F)c32)C[C@@H]1c1ccc(N2CCN(C(=O)CC3CCN(c4ccc5nnn(C6CCC(=O)NC6=O)c(=O)c5c4)CC3)CC2)cc1. The summed E-state index contributed by atoms with van der Waals surface area (Å²) in [7, 11) is 4.30. The number of nitrogens with zero attached hydrogens (tertiary/aromatic N) is 8. The van der Waals surface area contributed by atoms with Crippen LogP contribution in [-0.2, 0) is 20.8 Å². The summed E-state index contributed by atoms with van der Waals surface area (Å²) in [6.45, 7) is 6.38. The zero-order chi connectivity index (χ0) is 40.1. The quantitative estimate of drug-likeness (QED) is 0.263. The number of fused-ring (bicyclic) bond motifs is 2. The number of rotatable bonds is 8. The van der Waals surface area contributed by atoms with Gasteiger partial charge in [-0.3, -0.25) is 29.4 Å². The van der Waals surface area contributed by atoms with Gasteiger partial charge in [0.05, 0.1) is 5.39 Å². The van der Waals surface area contributed by atoms with Crippen LogP contribution >= 0.6 is 0 Å². The third kappa shape index (κ3) is 7.36. The third-order valence-electron chi connectivity index (χ3n) is 13.5. The number of piperidine rings is 2. The van der Waals surface area contributed by atoms with Crippen molar-refractivity contribution < 1.29 is 18.8 Å². The number of carbonyl (C=O) groups excluding carboxylic acids is 3. The van der Waals surface area contributed by atoms with Crippen LogP contribution in [0.3, 0.4) is 0 Å². The van der Waals surface area contributed by atoms with E-state index in [1.165, 1.54) is 11.3 Å². The number of benzene rings is 3. The molecule has 14 heteroatoms. The second-order valence-electron chi connectivity index (χ2n) is 17.1. The third-order valence-corrected chi connectivity index (χ3v) is 13.5. The van der Waals surface area contributed by atoms with E-state index < -0.39 is 17.5 Å². The van der Waals surface area contributed by atoms with E-state index >= 15 is 0 Å². The minimum absolute atomic E-state index is 0.0710. The Bertz CT molecular complexity index is 2270. The predicted molar refractivity (Wildman–Crippen MR) is 219 cm³/mol. The molecule has 5 aliphatic rings. The van der Waals surface area contributed by atoms with Crippen LogP contribution in [-0.4, -0.2) is 120 Å². The Balaban J connectivity index is 0.764. The molecule has 0 spiro atoms. The molecule has 0 saturated carbocycles. The summed E-state index contributed by atoms with van der Waals surface area (Å²) in [6, 6.07) is 19.7. The first kappa shape index (κ1) is 38.3. The number of hydrogen-bond acceptors (Lipinski definition) is 10. The number of likely N-dealkylation sites (tertiary alicyclic amines) is 1. The van der Waals surface area contributed by atoms with Crippen molar-refractivity contribution in [3.8, 4) is 0 Å². The number of amides is 3. The van der Waals surface area contributed by atoms with Crippen LogP contribution in [0, 0.1) is 11.7 Å². The highest BCUT2D eigenvalue weighted by Gasteiger charge is 2.41. The molecule has 3 aromatic carbocycles. The average Bonchev–Trinajstić information content (AvgIpc) is 3.88. The smallest absolute Gasteiger partial charge is 0.278 e. The van der Waals surface area contributed by atoms with Crippen LogP contribution in [0.2, 0.25) is 0 Å². The van der Waals surface area contributed by atoms with Gasteiger partial charge in [-0.1, -0.05) is 29.5 Å². The zero-order valence-corrected chi connectivity index (χ0v) is 33.4. The summed E-state index contributed by atoms with van der Waals surface area (Å²) in [4.78, 5) is 62.4. The zero-order valence-electron chi connectivity index (χ0n) is 33.4. The molecule has 1 N–H and O–H groups in total. The predicted octanol–water partition coefficient (Wildman–Crippen LogP) is 3.88. The van der Waals surface area contributed by atoms with Crippen molar-refractivity contribution in [1.82, 2.24) is 35.0 Å². The molecule has 4 atom stereocenters. The summed E-state index contributed by atoms with van der Waals surface area (Å²) >= 11 is 0. The van der Waals surface area contributed by atoms with Crippen molar-refractivity contribution in [2.45, 2.75) is 69.0 Å². The van der Waals surface area contributed by atoms with E-state index in [1.54, 1.807) is 12.1 Å². The Labute approximate surface area is 337 Å². The monoisotopic (exact) mass is 789 g/mol. The van der Waals surface area contributed by atoms with Crippen molar-refractivity contribution in [3.63, 3.8) is 0 Å². The van der Waals surface area contributed by atoms with Crippen LogP contribution in [0.5, 0.6) is 0 Å². The maximum Gasteiger partial charge on any atom is 0.278 e. The number of halogens is 1. The average molecular weight is 790 g/mol. The fourth-order valence-corrected chi connectivity index (χ4v) is 10.2. The summed E-state index contributed by atoms with van der Waals surface area (Å²) < 4.78 is 16.0. The minimum atomic E-state index is -0.865. The molecule has 58 heavy (non-hydrogen) atoms. The standard InChI is InChI=1S/C44H52FN9O4/c1-49(2)39-27-53(37-13-8-30-4-3-5-35(45)42(30)37)26-34(39)29-6-9-31(10-7-29)51-20-22-52(23-21-51)41(56)24-28-16-18-50(19-17-28)32-11-12-36-33(25-32)44(58)54(48-47-36)38-14-15-40(55)46-43(38)57/h3-7,9-12,25,28,34,37-39H,8,13-24,26-27H2,1-2H3,(H,46,55,57)/t34-,37?,38?,39+/m1/s1. The number of likely N-dealkylation sites (N-methyl/N-ethyl adjacent to an activating group) is 1. The Morgan fingerprint density at radius 1 is 0.828 bits per heavy atom. The highest BCUT2D eigenvalue weighted by molar-refractivity contribution is 5.99. The molecule has 304 valence electrons. The minimum Gasteiger partial charge on any atom is -0.371 e. The Morgan fingerprint density at radius 2 is 1.55 bits per heavy atom. The van der Waals surface area contributed by atoms with E-state index in [0.717, 1.165) is 86.4 Å². The number of piperazine rings is 1. The molecule has 4 saturated heterocycles. The number of hydrogen-bond donors (Lipinski definition) is 1. The summed E-state index contributed by atoms with van der Waals surface area (Å²) in [5.41, 5.74) is 5.51. The lowest BCUT2D eigenvalue weighted by molar-refractivity contribution is -0.136. The molecule has 9 rings (SSSR count). The lowest BCUT2D eigenvalue weighted by atomic mass is 9.92. The van der Waals surface area contributed by atoms with Crippen LogP contribution in [0.4, 0.5) is 15.8 Å². The molecular weight excluding hydrogens is 738 g/mol. The van der Waals surface area contributed by atoms with Gasteiger partial charge >= 0.3 is 0 Å². The molecule has 1 aliphatic carbocycles. The van der Waals surface area contributed by atoms with Crippen molar-refractivity contribution in [1.29, 1.82) is 0 Å². The van der Waals surface area contributed by atoms with Gasteiger partial charge in [0.25, 0.3) is 11.5 Å². The number of anilines is 2. The van der Waals surface area contributed by atoms with Crippen LogP contribution in [0.1, 0.15) is 73.2 Å². The molecule has 3 amide bonds. The lowest BCUT2D eigenvalue weighted by Gasteiger charge is -2.38. The molecule has 4 aromatic rings. The van der Waals surface area contributed by atoms with Crippen LogP contribution < -0.4 is 20.7 Å². The Hall–Kier alpha value is -5.21. The largest absolute Gasteiger partial charge is 0.371 e. The molecule has 5 heterocycles. The fourth-order valence-electron chi connectivity index (χ4n) is 10.2. The molecular formula is C44H52FN9O4. The Kier molecular flexibility index (Phi) is 10.5. The van der Waals surface area contributed by atoms with Crippen LogP contribution in [0.25, 0.3) is 10.9 Å². The second kappa shape index (κ2) is 15.9. The Morgan fingerprint density at radius 3 is 2.29 bits per heavy atom. The first-order chi connectivity index (χ1) is 28.1. The van der Waals surface area contributed by atoms with Gasteiger partial charge in [0, 0.05) is 100 Å². The molecule has 4 fully saturated rings. The summed E-state index contributed by atoms with van der Waals surface area (Å²) in [5, 5.41) is 10.9. The van der Waals surface area contributed by atoms with Gasteiger partial charge in [-0.15, -0.1) is 5.10 Å². The van der Waals surface area contributed by atoms with Gasteiger partial charge in [-0.2, -0.15) is 4.68 Å². The summed E-state index contributed by atoms with van der Waals surface area (Å²) in [5.74, 6) is -0.104. The number of imide groups is 1. The van der Waals surface area contributed by atoms with E-state index in [0.29, 0.717) is 48.3 Å². The molecule has 0 bridgehead atoms. The fraction of sp³-hybridized carbons (Fsp3) is 0.500. The number of nitrogens with one attached hydrogen (secondary N) is 1. The van der Waals surface area contributed by atoms with Crippen molar-refractivity contribution in [2.24, 2.45) is 5.92 Å². The lowest BCUT2D eigenvalue weighted by Crippen LogP contribution is -2.49. The van der Waals surface area contributed by atoms with Crippen LogP contribution in [0.15, 0.2) is 65.5 Å². The van der Waals surface area contributed by atoms with Crippen molar-refractivity contribution >= 4 is 40.0 Å². The number of aromatic nitrogens is 3. The molecule has 2 unspecified atom stereocenters. The van der Waals surface area contributed by atoms with Gasteiger partial charge in [0.15, 0.2) is 0 Å². The van der Waals surface area contributed by atoms with E-state index in [1.807, 2.05) is 23.1 Å². The van der Waals surface area contributed by atoms with Gasteiger partial charge < -0.3 is 19.6 Å². The van der Waals surface area contributed by atoms with E-state index in [2.05, 4.69) is 79.7 Å². The maximum absolute atomic E-state index is 15.0. The first-order valence-electron chi connectivity index (χ1n) is 20.9. The summed E-state index contributed by atoms with van der Waals surface area (Å²) in [6.07, 6.45) is 4.56. The van der Waals surface area contributed by atoms with Gasteiger partial charge in [-0.05, 0) is 99.6 Å². The van der Waals surface area contributed by atoms with E-state index in [9.17, 15) is 23.6 Å². The maximum atomic E-state index is 15.0. The number of aryl methyl sites for hydroxylation is 1. The molecule has 0 radical (unpaired) electrons. The van der Waals surface area contributed by atoms with E-state index in [-0.39, 0.29) is 36.5 Å². The van der Waals surface area contributed by atoms with E-state index in [4.69, 9.17) is 0 Å². The van der Waals surface area contributed by atoms with Gasteiger partial charge in [0.2, 0.25) is 11.8 Å². The molecule has 1 aromatic heterocycles. The highest BCUT2D eigenvalue weighted by Crippen LogP contribution is 2.43. The van der Waals surface area contributed by atoms with Crippen molar-refractivity contribution in [2.75, 3.05) is 76.3 Å². The van der Waals surface area contributed by atoms with Gasteiger partial charge in [-0.25, -0.2) is 4.39 Å². The molecule has 4 aliphatic heterocycles. The number of carbonyl (C=O) groups is 3. The van der Waals surface area contributed by atoms with Crippen molar-refractivity contribution in [3.05, 3.63) is 93.5 Å². The second-order valence-corrected chi connectivity index (χ2v) is 17.1. The highest BCUT2D eigenvalue weighted by atomic mass is 19.1. The topological polar surface area (TPSA) is 127 Å².